The number of nitro benzene ring substituents is 1. The zero-order chi connectivity index (χ0) is 33.7. The summed E-state index contributed by atoms with van der Waals surface area (Å²) in [5, 5.41) is 10.9. The second-order valence-corrected chi connectivity index (χ2v) is 12.3. The summed E-state index contributed by atoms with van der Waals surface area (Å²) in [6.45, 7) is 4.11. The number of carbonyl (C=O) groups excluding carboxylic acids is 1. The fourth-order valence-corrected chi connectivity index (χ4v) is 6.75. The normalized spacial score (nSPS) is 14.3. The monoisotopic (exact) mass is 721 g/mol. The number of esters is 1. The molecule has 1 atom stereocenters. The van der Waals surface area contributed by atoms with Gasteiger partial charge in [0.2, 0.25) is 0 Å². The lowest BCUT2D eigenvalue weighted by molar-refractivity contribution is -0.384. The minimum atomic E-state index is -0.860. The van der Waals surface area contributed by atoms with E-state index in [0.29, 0.717) is 48.7 Å². The molecule has 11 nitrogen and oxygen atoms in total. The maximum atomic E-state index is 14.2. The van der Waals surface area contributed by atoms with E-state index >= 15 is 0 Å². The van der Waals surface area contributed by atoms with Crippen LogP contribution < -0.4 is 29.1 Å². The molecule has 0 N–H and O–H groups in total. The first-order valence-corrected chi connectivity index (χ1v) is 16.4. The van der Waals surface area contributed by atoms with Crippen LogP contribution in [0.15, 0.2) is 86.2 Å². The Morgan fingerprint density at radius 1 is 1.06 bits per heavy atom. The van der Waals surface area contributed by atoms with Crippen LogP contribution in [-0.2, 0) is 16.1 Å². The molecule has 4 aromatic rings. The minimum absolute atomic E-state index is 0.0113. The molecular weight excluding hydrogens is 690 g/mol. The van der Waals surface area contributed by atoms with E-state index < -0.39 is 16.9 Å². The molecule has 1 aliphatic heterocycles. The van der Waals surface area contributed by atoms with Gasteiger partial charge in [-0.2, -0.15) is 0 Å². The van der Waals surface area contributed by atoms with Gasteiger partial charge in [0.1, 0.15) is 29.9 Å². The van der Waals surface area contributed by atoms with Gasteiger partial charge >= 0.3 is 5.97 Å². The summed E-state index contributed by atoms with van der Waals surface area (Å²) in [6.07, 6.45) is 3.00. The van der Waals surface area contributed by atoms with E-state index in [0.717, 1.165) is 17.5 Å². The lowest BCUT2D eigenvalue weighted by Gasteiger charge is -2.27. The number of rotatable bonds is 12. The molecule has 1 aromatic heterocycles. The SMILES string of the molecule is CCCC1=C(C(=O)OCC)[C@@H](c2cc(OC)ccc2OC)n2c(s/c(=C\c3ccc(OCc4ccc([N+](=O)[O-])cc4)c(Br)c3)c2=O)=N1. The number of fused-ring (bicyclic) bond motifs is 1. The highest BCUT2D eigenvalue weighted by Gasteiger charge is 2.36. The standard InChI is InChI=1S/C34H32BrN3O8S/c1-5-7-26-30(33(40)45-6-2)31(24-18-23(43-3)13-15-27(24)44-4)37-32(39)29(47-34(37)36-26)17-21-10-14-28(25(35)16-21)46-19-20-8-11-22(12-9-20)38(41)42/h8-18,31H,5-7,19H2,1-4H3/b29-17-/t31-/m1/s1. The Kier molecular flexibility index (Phi) is 10.6. The van der Waals surface area contributed by atoms with Crippen LogP contribution in [0.1, 0.15) is 49.4 Å². The number of hydrogen-bond donors (Lipinski definition) is 0. The number of ether oxygens (including phenoxy) is 4. The van der Waals surface area contributed by atoms with Crippen molar-refractivity contribution in [1.82, 2.24) is 4.57 Å². The lowest BCUT2D eigenvalue weighted by atomic mass is 9.93. The highest BCUT2D eigenvalue weighted by atomic mass is 79.9. The van der Waals surface area contributed by atoms with Crippen molar-refractivity contribution in [2.45, 2.75) is 39.3 Å². The van der Waals surface area contributed by atoms with Gasteiger partial charge in [-0.25, -0.2) is 9.79 Å². The summed E-state index contributed by atoms with van der Waals surface area (Å²) in [5.41, 5.74) is 2.62. The van der Waals surface area contributed by atoms with Crippen LogP contribution in [0.5, 0.6) is 17.2 Å². The van der Waals surface area contributed by atoms with Crippen LogP contribution in [0.25, 0.3) is 6.08 Å². The summed E-state index contributed by atoms with van der Waals surface area (Å²) in [4.78, 5) is 43.4. The fourth-order valence-electron chi connectivity index (χ4n) is 5.22. The Balaban J connectivity index is 1.57. The summed E-state index contributed by atoms with van der Waals surface area (Å²) in [5.74, 6) is 1.05. The van der Waals surface area contributed by atoms with Gasteiger partial charge in [0, 0.05) is 17.7 Å². The van der Waals surface area contributed by atoms with Crippen LogP contribution in [0.3, 0.4) is 0 Å². The van der Waals surface area contributed by atoms with Gasteiger partial charge in [-0.05, 0) is 88.9 Å². The number of nitro groups is 1. The fraction of sp³-hybridized carbons (Fsp3) is 0.265. The average molecular weight is 723 g/mol. The van der Waals surface area contributed by atoms with Gasteiger partial charge < -0.3 is 18.9 Å². The zero-order valence-corrected chi connectivity index (χ0v) is 28.6. The zero-order valence-electron chi connectivity index (χ0n) is 26.2. The van der Waals surface area contributed by atoms with Gasteiger partial charge in [-0.1, -0.05) is 30.7 Å². The summed E-state index contributed by atoms with van der Waals surface area (Å²) in [7, 11) is 3.08. The third-order valence-corrected chi connectivity index (χ3v) is 9.02. The third-order valence-electron chi connectivity index (χ3n) is 7.42. The first kappa shape index (κ1) is 33.6. The van der Waals surface area contributed by atoms with Crippen LogP contribution in [0.2, 0.25) is 0 Å². The molecule has 0 amide bonds. The van der Waals surface area contributed by atoms with E-state index in [4.69, 9.17) is 23.9 Å². The maximum absolute atomic E-state index is 14.2. The van der Waals surface area contributed by atoms with Crippen molar-refractivity contribution >= 4 is 45.0 Å². The second-order valence-electron chi connectivity index (χ2n) is 10.4. The molecule has 3 aromatic carbocycles. The summed E-state index contributed by atoms with van der Waals surface area (Å²) in [6, 6.07) is 16.0. The van der Waals surface area contributed by atoms with Crippen LogP contribution in [-0.4, -0.2) is 36.3 Å². The molecule has 244 valence electrons. The molecule has 0 aliphatic carbocycles. The number of nitrogens with zero attached hydrogens (tertiary/aromatic N) is 3. The topological polar surface area (TPSA) is 131 Å². The Morgan fingerprint density at radius 2 is 1.81 bits per heavy atom. The number of carbonyl (C=O) groups is 1. The molecule has 0 unspecified atom stereocenters. The number of aromatic nitrogens is 1. The maximum Gasteiger partial charge on any atom is 0.338 e. The highest BCUT2D eigenvalue weighted by Crippen LogP contribution is 2.39. The number of methoxy groups -OCH3 is 2. The van der Waals surface area contributed by atoms with Gasteiger partial charge in [-0.3, -0.25) is 19.5 Å². The molecule has 5 rings (SSSR count). The molecule has 2 heterocycles. The second kappa shape index (κ2) is 14.8. The van der Waals surface area contributed by atoms with Crippen LogP contribution in [0.4, 0.5) is 5.69 Å². The minimum Gasteiger partial charge on any atom is -0.497 e. The van der Waals surface area contributed by atoms with Gasteiger partial charge in [0.25, 0.3) is 11.2 Å². The first-order chi connectivity index (χ1) is 22.7. The van der Waals surface area contributed by atoms with E-state index in [1.54, 1.807) is 56.5 Å². The third kappa shape index (κ3) is 7.15. The molecule has 0 fully saturated rings. The van der Waals surface area contributed by atoms with Gasteiger partial charge in [0.15, 0.2) is 4.80 Å². The number of allylic oxidation sites excluding steroid dienone is 1. The van der Waals surface area contributed by atoms with Crippen molar-refractivity contribution in [3.63, 3.8) is 0 Å². The van der Waals surface area contributed by atoms with Crippen LogP contribution >= 0.6 is 27.3 Å². The Bertz CT molecular complexity index is 2040. The van der Waals surface area contributed by atoms with Crippen molar-refractivity contribution in [2.24, 2.45) is 4.99 Å². The Hall–Kier alpha value is -4.75. The van der Waals surface area contributed by atoms with E-state index in [1.165, 1.54) is 35.1 Å². The molecular formula is C34H32BrN3O8S. The number of hydrogen-bond acceptors (Lipinski definition) is 10. The van der Waals surface area contributed by atoms with Crippen LogP contribution in [0, 0.1) is 10.1 Å². The van der Waals surface area contributed by atoms with E-state index in [1.807, 2.05) is 19.1 Å². The van der Waals surface area contributed by atoms with Crippen molar-refractivity contribution in [3.05, 3.63) is 123 Å². The molecule has 13 heteroatoms. The number of thiazole rings is 1. The average Bonchev–Trinajstić information content (AvgIpc) is 3.37. The largest absolute Gasteiger partial charge is 0.497 e. The highest BCUT2D eigenvalue weighted by molar-refractivity contribution is 9.10. The van der Waals surface area contributed by atoms with Gasteiger partial charge in [0.05, 0.1) is 46.0 Å². The van der Waals surface area contributed by atoms with Crippen molar-refractivity contribution in [3.8, 4) is 17.2 Å². The van der Waals surface area contributed by atoms with Gasteiger partial charge in [-0.15, -0.1) is 0 Å². The van der Waals surface area contributed by atoms with E-state index in [9.17, 15) is 19.7 Å². The molecule has 0 radical (unpaired) electrons. The molecule has 47 heavy (non-hydrogen) atoms. The van der Waals surface area contributed by atoms with Crippen molar-refractivity contribution in [2.75, 3.05) is 20.8 Å². The lowest BCUT2D eigenvalue weighted by Crippen LogP contribution is -2.40. The smallest absolute Gasteiger partial charge is 0.338 e. The predicted octanol–water partition coefficient (Wildman–Crippen LogP) is 5.85. The number of non-ortho nitro benzene ring substituents is 1. The number of benzene rings is 3. The van der Waals surface area contributed by atoms with Crippen molar-refractivity contribution < 1.29 is 28.7 Å². The van der Waals surface area contributed by atoms with E-state index in [2.05, 4.69) is 15.9 Å². The molecule has 1 aliphatic rings. The summed E-state index contributed by atoms with van der Waals surface area (Å²) >= 11 is 4.79. The molecule has 0 saturated heterocycles. The molecule has 0 spiro atoms. The Morgan fingerprint density at radius 3 is 2.45 bits per heavy atom. The quantitative estimate of drug-likeness (QED) is 0.101. The Labute approximate surface area is 282 Å². The van der Waals surface area contributed by atoms with E-state index in [-0.39, 0.29) is 30.0 Å². The van der Waals surface area contributed by atoms with Crippen molar-refractivity contribution in [1.29, 1.82) is 0 Å². The number of halogens is 1. The predicted molar refractivity (Wildman–Crippen MR) is 181 cm³/mol. The molecule has 0 saturated carbocycles. The summed E-state index contributed by atoms with van der Waals surface area (Å²) < 4.78 is 25.2. The first-order valence-electron chi connectivity index (χ1n) is 14.8. The molecule has 0 bridgehead atoms.